The zero-order valence-electron chi connectivity index (χ0n) is 10.0. The van der Waals surface area contributed by atoms with Crippen LogP contribution in [0.15, 0.2) is 0 Å². The molecule has 1 heterocycles. The molecule has 0 spiro atoms. The molecule has 2 unspecified atom stereocenters. The van der Waals surface area contributed by atoms with Crippen LogP contribution in [0, 0.1) is 5.92 Å². The lowest BCUT2D eigenvalue weighted by Gasteiger charge is -2.24. The SMILES string of the molecule is CC(C)N1CCC(C(N)CN(C)C)C1. The van der Waals surface area contributed by atoms with Gasteiger partial charge in [-0.1, -0.05) is 0 Å². The topological polar surface area (TPSA) is 32.5 Å². The van der Waals surface area contributed by atoms with E-state index in [0.29, 0.717) is 18.0 Å². The van der Waals surface area contributed by atoms with Crippen molar-refractivity contribution in [2.45, 2.75) is 32.4 Å². The van der Waals surface area contributed by atoms with E-state index in [1.54, 1.807) is 0 Å². The average molecular weight is 199 g/mol. The quantitative estimate of drug-likeness (QED) is 0.720. The number of hydrogen-bond acceptors (Lipinski definition) is 3. The van der Waals surface area contributed by atoms with E-state index in [-0.39, 0.29) is 0 Å². The lowest BCUT2D eigenvalue weighted by atomic mass is 9.99. The summed E-state index contributed by atoms with van der Waals surface area (Å²) in [4.78, 5) is 4.71. The highest BCUT2D eigenvalue weighted by Gasteiger charge is 2.28. The Kier molecular flexibility index (Phi) is 4.35. The Labute approximate surface area is 88.2 Å². The fourth-order valence-corrected chi connectivity index (χ4v) is 2.20. The van der Waals surface area contributed by atoms with E-state index in [0.717, 1.165) is 6.54 Å². The predicted octanol–water partition coefficient (Wildman–Crippen LogP) is 0.606. The van der Waals surface area contributed by atoms with Crippen LogP contribution in [-0.4, -0.2) is 55.6 Å². The van der Waals surface area contributed by atoms with Crippen LogP contribution < -0.4 is 5.73 Å². The molecule has 2 N–H and O–H groups in total. The van der Waals surface area contributed by atoms with Crippen LogP contribution in [-0.2, 0) is 0 Å². The van der Waals surface area contributed by atoms with Crippen LogP contribution in [0.25, 0.3) is 0 Å². The highest BCUT2D eigenvalue weighted by molar-refractivity contribution is 4.85. The summed E-state index contributed by atoms with van der Waals surface area (Å²) in [6.45, 7) is 7.95. The summed E-state index contributed by atoms with van der Waals surface area (Å²) in [7, 11) is 4.18. The second-order valence-electron chi connectivity index (χ2n) is 5.06. The van der Waals surface area contributed by atoms with Gasteiger partial charge in [0.2, 0.25) is 0 Å². The van der Waals surface area contributed by atoms with Crippen molar-refractivity contribution < 1.29 is 0 Å². The standard InChI is InChI=1S/C11H25N3/c1-9(2)14-6-5-10(7-14)11(12)8-13(3)4/h9-11H,5-8,12H2,1-4H3. The summed E-state index contributed by atoms with van der Waals surface area (Å²) in [5.41, 5.74) is 6.17. The van der Waals surface area contributed by atoms with Gasteiger partial charge in [0.1, 0.15) is 0 Å². The summed E-state index contributed by atoms with van der Waals surface area (Å²) in [5.74, 6) is 0.694. The van der Waals surface area contributed by atoms with Crippen LogP contribution in [0.3, 0.4) is 0 Å². The molecule has 0 amide bonds. The third-order valence-corrected chi connectivity index (χ3v) is 3.17. The fourth-order valence-electron chi connectivity index (χ4n) is 2.20. The van der Waals surface area contributed by atoms with Gasteiger partial charge in [0, 0.05) is 25.2 Å². The van der Waals surface area contributed by atoms with E-state index < -0.39 is 0 Å². The molecular formula is C11H25N3. The molecule has 0 bridgehead atoms. The van der Waals surface area contributed by atoms with E-state index in [4.69, 9.17) is 5.73 Å². The molecule has 1 rings (SSSR count). The summed E-state index contributed by atoms with van der Waals surface area (Å²) < 4.78 is 0. The molecule has 14 heavy (non-hydrogen) atoms. The molecular weight excluding hydrogens is 174 g/mol. The molecule has 2 atom stereocenters. The van der Waals surface area contributed by atoms with Crippen molar-refractivity contribution >= 4 is 0 Å². The molecule has 1 aliphatic rings. The van der Waals surface area contributed by atoms with Gasteiger partial charge >= 0.3 is 0 Å². The van der Waals surface area contributed by atoms with Gasteiger partial charge in [-0.25, -0.2) is 0 Å². The van der Waals surface area contributed by atoms with Gasteiger partial charge in [0.25, 0.3) is 0 Å². The monoisotopic (exact) mass is 199 g/mol. The molecule has 1 saturated heterocycles. The van der Waals surface area contributed by atoms with Crippen LogP contribution in [0.1, 0.15) is 20.3 Å². The minimum Gasteiger partial charge on any atom is -0.326 e. The molecule has 0 saturated carbocycles. The minimum absolute atomic E-state index is 0.341. The van der Waals surface area contributed by atoms with Gasteiger partial charge in [0.05, 0.1) is 0 Å². The Morgan fingerprint density at radius 1 is 1.43 bits per heavy atom. The molecule has 1 aliphatic heterocycles. The lowest BCUT2D eigenvalue weighted by Crippen LogP contribution is -2.41. The van der Waals surface area contributed by atoms with E-state index in [1.807, 2.05) is 0 Å². The van der Waals surface area contributed by atoms with Crippen molar-refractivity contribution in [1.29, 1.82) is 0 Å². The van der Waals surface area contributed by atoms with Crippen LogP contribution >= 0.6 is 0 Å². The molecule has 0 aromatic carbocycles. The Morgan fingerprint density at radius 3 is 2.50 bits per heavy atom. The van der Waals surface area contributed by atoms with Crippen molar-refractivity contribution in [2.24, 2.45) is 11.7 Å². The summed E-state index contributed by atoms with van der Waals surface area (Å²) in [5, 5.41) is 0. The first-order valence-corrected chi connectivity index (χ1v) is 5.65. The van der Waals surface area contributed by atoms with E-state index in [2.05, 4.69) is 37.7 Å². The van der Waals surface area contributed by atoms with Gasteiger partial charge in [-0.15, -0.1) is 0 Å². The number of rotatable bonds is 4. The van der Waals surface area contributed by atoms with Gasteiger partial charge in [-0.3, -0.25) is 0 Å². The van der Waals surface area contributed by atoms with Crippen molar-refractivity contribution in [1.82, 2.24) is 9.80 Å². The fraction of sp³-hybridized carbons (Fsp3) is 1.00. The largest absolute Gasteiger partial charge is 0.326 e. The average Bonchev–Trinajstić information content (AvgIpc) is 2.50. The highest BCUT2D eigenvalue weighted by Crippen LogP contribution is 2.20. The van der Waals surface area contributed by atoms with E-state index >= 15 is 0 Å². The Hall–Kier alpha value is -0.120. The molecule has 1 fully saturated rings. The minimum atomic E-state index is 0.341. The molecule has 3 nitrogen and oxygen atoms in total. The van der Waals surface area contributed by atoms with Crippen LogP contribution in [0.5, 0.6) is 0 Å². The van der Waals surface area contributed by atoms with Crippen molar-refractivity contribution in [2.75, 3.05) is 33.7 Å². The van der Waals surface area contributed by atoms with E-state index in [9.17, 15) is 0 Å². The zero-order valence-corrected chi connectivity index (χ0v) is 10.0. The van der Waals surface area contributed by atoms with Crippen molar-refractivity contribution in [3.05, 3.63) is 0 Å². The third-order valence-electron chi connectivity index (χ3n) is 3.17. The number of likely N-dealkylation sites (N-methyl/N-ethyl adjacent to an activating group) is 1. The van der Waals surface area contributed by atoms with Crippen molar-refractivity contribution in [3.8, 4) is 0 Å². The first kappa shape index (κ1) is 12.0. The number of hydrogen-bond donors (Lipinski definition) is 1. The van der Waals surface area contributed by atoms with Crippen molar-refractivity contribution in [3.63, 3.8) is 0 Å². The molecule has 3 heteroatoms. The summed E-state index contributed by atoms with van der Waals surface area (Å²) in [6, 6.07) is 1.01. The smallest absolute Gasteiger partial charge is 0.0209 e. The Morgan fingerprint density at radius 2 is 2.07 bits per heavy atom. The Bertz CT molecular complexity index is 168. The van der Waals surface area contributed by atoms with Gasteiger partial charge < -0.3 is 15.5 Å². The molecule has 0 aromatic heterocycles. The second kappa shape index (κ2) is 5.10. The molecule has 0 aliphatic carbocycles. The molecule has 0 radical (unpaired) electrons. The van der Waals surface area contributed by atoms with Gasteiger partial charge in [0.15, 0.2) is 0 Å². The molecule has 0 aromatic rings. The van der Waals surface area contributed by atoms with Gasteiger partial charge in [-0.2, -0.15) is 0 Å². The Balaban J connectivity index is 2.34. The number of nitrogens with two attached hydrogens (primary N) is 1. The first-order chi connectivity index (χ1) is 6.50. The number of nitrogens with zero attached hydrogens (tertiary/aromatic N) is 2. The summed E-state index contributed by atoms with van der Waals surface area (Å²) >= 11 is 0. The number of likely N-dealkylation sites (tertiary alicyclic amines) is 1. The normalized spacial score (nSPS) is 26.4. The maximum atomic E-state index is 6.17. The van der Waals surface area contributed by atoms with E-state index in [1.165, 1.54) is 19.5 Å². The lowest BCUT2D eigenvalue weighted by molar-refractivity contribution is 0.248. The first-order valence-electron chi connectivity index (χ1n) is 5.65. The second-order valence-corrected chi connectivity index (χ2v) is 5.06. The predicted molar refractivity (Wildman–Crippen MR) is 61.3 cm³/mol. The summed E-state index contributed by atoms with van der Waals surface area (Å²) in [6.07, 6.45) is 1.27. The zero-order chi connectivity index (χ0) is 10.7. The van der Waals surface area contributed by atoms with Crippen LogP contribution in [0.2, 0.25) is 0 Å². The van der Waals surface area contributed by atoms with Crippen LogP contribution in [0.4, 0.5) is 0 Å². The maximum Gasteiger partial charge on any atom is 0.0209 e. The third kappa shape index (κ3) is 3.23. The highest BCUT2D eigenvalue weighted by atomic mass is 15.2. The molecule has 84 valence electrons. The van der Waals surface area contributed by atoms with Gasteiger partial charge in [-0.05, 0) is 46.8 Å². The maximum absolute atomic E-state index is 6.17.